The summed E-state index contributed by atoms with van der Waals surface area (Å²) in [6.07, 6.45) is 2.69. The molecule has 2 aromatic heterocycles. The number of carbonyl (C=O) groups is 1. The first kappa shape index (κ1) is 17.2. The van der Waals surface area contributed by atoms with Gasteiger partial charge in [-0.25, -0.2) is 0 Å². The predicted octanol–water partition coefficient (Wildman–Crippen LogP) is 4.82. The van der Waals surface area contributed by atoms with Crippen molar-refractivity contribution in [2.45, 2.75) is 20.3 Å². The Kier molecular flexibility index (Phi) is 5.50. The summed E-state index contributed by atoms with van der Waals surface area (Å²) in [4.78, 5) is 13.6. The van der Waals surface area contributed by atoms with Crippen molar-refractivity contribution in [2.24, 2.45) is 5.92 Å². The minimum absolute atomic E-state index is 0.198. The molecule has 5 nitrogen and oxygen atoms in total. The van der Waals surface area contributed by atoms with Gasteiger partial charge < -0.3 is 10.1 Å². The molecule has 0 aliphatic carbocycles. The smallest absolute Gasteiger partial charge is 0.259 e. The van der Waals surface area contributed by atoms with Crippen molar-refractivity contribution in [1.82, 2.24) is 10.2 Å². The van der Waals surface area contributed by atoms with E-state index in [4.69, 9.17) is 4.74 Å². The van der Waals surface area contributed by atoms with Crippen LogP contribution in [0.3, 0.4) is 0 Å². The SMILES string of the molecule is CCC(C)COc1cccc(NC(=O)c2c[nH]nc2-c2cccs2)c1. The van der Waals surface area contributed by atoms with Gasteiger partial charge >= 0.3 is 0 Å². The maximum absolute atomic E-state index is 12.6. The van der Waals surface area contributed by atoms with Crippen molar-refractivity contribution in [2.75, 3.05) is 11.9 Å². The molecule has 3 rings (SSSR count). The lowest BCUT2D eigenvalue weighted by atomic mass is 10.1. The van der Waals surface area contributed by atoms with Gasteiger partial charge in [-0.15, -0.1) is 11.3 Å². The van der Waals surface area contributed by atoms with Crippen LogP contribution in [0.25, 0.3) is 10.6 Å². The molecule has 1 aromatic carbocycles. The number of amides is 1. The highest BCUT2D eigenvalue weighted by atomic mass is 32.1. The molecule has 3 aromatic rings. The molecule has 2 N–H and O–H groups in total. The van der Waals surface area contributed by atoms with E-state index in [0.29, 0.717) is 29.5 Å². The Morgan fingerprint density at radius 2 is 2.24 bits per heavy atom. The van der Waals surface area contributed by atoms with Crippen LogP contribution in [0.15, 0.2) is 48.0 Å². The number of hydrogen-bond donors (Lipinski definition) is 2. The average molecular weight is 355 g/mol. The minimum Gasteiger partial charge on any atom is -0.493 e. The van der Waals surface area contributed by atoms with Crippen LogP contribution in [-0.2, 0) is 0 Å². The number of hydrogen-bond acceptors (Lipinski definition) is 4. The third kappa shape index (κ3) is 4.28. The molecule has 0 aliphatic rings. The van der Waals surface area contributed by atoms with Gasteiger partial charge in [0, 0.05) is 18.0 Å². The highest BCUT2D eigenvalue weighted by Crippen LogP contribution is 2.27. The summed E-state index contributed by atoms with van der Waals surface area (Å²) in [6.45, 7) is 4.95. The molecule has 25 heavy (non-hydrogen) atoms. The second kappa shape index (κ2) is 7.98. The molecule has 0 saturated heterocycles. The fourth-order valence-electron chi connectivity index (χ4n) is 2.28. The second-order valence-corrected chi connectivity index (χ2v) is 6.88. The van der Waals surface area contributed by atoms with Gasteiger partial charge in [-0.2, -0.15) is 5.10 Å². The monoisotopic (exact) mass is 355 g/mol. The van der Waals surface area contributed by atoms with Gasteiger partial charge in [0.1, 0.15) is 11.4 Å². The highest BCUT2D eigenvalue weighted by Gasteiger charge is 2.16. The number of carbonyl (C=O) groups excluding carboxylic acids is 1. The van der Waals surface area contributed by atoms with Crippen LogP contribution in [0.1, 0.15) is 30.6 Å². The molecular formula is C19H21N3O2S. The van der Waals surface area contributed by atoms with Gasteiger partial charge in [-0.05, 0) is 29.5 Å². The number of anilines is 1. The van der Waals surface area contributed by atoms with Gasteiger partial charge in [-0.1, -0.05) is 32.4 Å². The van der Waals surface area contributed by atoms with Crippen LogP contribution < -0.4 is 10.1 Å². The largest absolute Gasteiger partial charge is 0.493 e. The minimum atomic E-state index is -0.198. The predicted molar refractivity (Wildman–Crippen MR) is 101 cm³/mol. The van der Waals surface area contributed by atoms with E-state index in [9.17, 15) is 4.79 Å². The number of aromatic nitrogens is 2. The maximum atomic E-state index is 12.6. The van der Waals surface area contributed by atoms with Crippen molar-refractivity contribution in [3.05, 3.63) is 53.5 Å². The van der Waals surface area contributed by atoms with E-state index < -0.39 is 0 Å². The Hall–Kier alpha value is -2.60. The van der Waals surface area contributed by atoms with Crippen LogP contribution in [0.5, 0.6) is 5.75 Å². The van der Waals surface area contributed by atoms with E-state index in [1.54, 1.807) is 17.5 Å². The zero-order valence-corrected chi connectivity index (χ0v) is 15.1. The zero-order chi connectivity index (χ0) is 17.6. The summed E-state index contributed by atoms with van der Waals surface area (Å²) in [6, 6.07) is 11.3. The molecule has 0 spiro atoms. The fraction of sp³-hybridized carbons (Fsp3) is 0.263. The number of nitrogens with zero attached hydrogens (tertiary/aromatic N) is 1. The molecule has 0 saturated carbocycles. The summed E-state index contributed by atoms with van der Waals surface area (Å²) in [5.74, 6) is 1.05. The Morgan fingerprint density at radius 1 is 1.36 bits per heavy atom. The number of H-pyrrole nitrogens is 1. The topological polar surface area (TPSA) is 67.0 Å². The van der Waals surface area contributed by atoms with Crippen LogP contribution in [0.4, 0.5) is 5.69 Å². The quantitative estimate of drug-likeness (QED) is 0.639. The second-order valence-electron chi connectivity index (χ2n) is 5.93. The number of benzene rings is 1. The Bertz CT molecular complexity index is 827. The van der Waals surface area contributed by atoms with Gasteiger partial charge in [0.15, 0.2) is 0 Å². The van der Waals surface area contributed by atoms with E-state index in [2.05, 4.69) is 29.4 Å². The Morgan fingerprint density at radius 3 is 3.00 bits per heavy atom. The van der Waals surface area contributed by atoms with E-state index in [1.165, 1.54) is 0 Å². The zero-order valence-electron chi connectivity index (χ0n) is 14.3. The normalized spacial score (nSPS) is 11.9. The van der Waals surface area contributed by atoms with E-state index >= 15 is 0 Å². The summed E-state index contributed by atoms with van der Waals surface area (Å²) < 4.78 is 5.79. The third-order valence-corrected chi connectivity index (χ3v) is 4.84. The van der Waals surface area contributed by atoms with Crippen LogP contribution in [0.2, 0.25) is 0 Å². The summed E-state index contributed by atoms with van der Waals surface area (Å²) in [7, 11) is 0. The maximum Gasteiger partial charge on any atom is 0.259 e. The molecule has 0 radical (unpaired) electrons. The van der Waals surface area contributed by atoms with Crippen molar-refractivity contribution in [3.63, 3.8) is 0 Å². The van der Waals surface area contributed by atoms with Crippen LogP contribution >= 0.6 is 11.3 Å². The van der Waals surface area contributed by atoms with Crippen molar-refractivity contribution in [3.8, 4) is 16.3 Å². The molecule has 1 unspecified atom stereocenters. The van der Waals surface area contributed by atoms with Gasteiger partial charge in [-0.3, -0.25) is 9.89 Å². The molecule has 0 aliphatic heterocycles. The number of thiophene rings is 1. The van der Waals surface area contributed by atoms with Gasteiger partial charge in [0.2, 0.25) is 0 Å². The average Bonchev–Trinajstić information content (AvgIpc) is 3.30. The molecule has 1 amide bonds. The lowest BCUT2D eigenvalue weighted by Crippen LogP contribution is -2.12. The molecule has 6 heteroatoms. The lowest BCUT2D eigenvalue weighted by Gasteiger charge is -2.12. The van der Waals surface area contributed by atoms with E-state index in [1.807, 2.05) is 41.8 Å². The standard InChI is InChI=1S/C19H21N3O2S/c1-3-13(2)12-24-15-7-4-6-14(10-15)21-19(23)16-11-20-22-18(16)17-8-5-9-25-17/h4-11,13H,3,12H2,1-2H3,(H,20,22)(H,21,23). The van der Waals surface area contributed by atoms with E-state index in [-0.39, 0.29) is 5.91 Å². The molecular weight excluding hydrogens is 334 g/mol. The molecule has 0 bridgehead atoms. The first-order valence-corrected chi connectivity index (χ1v) is 9.17. The van der Waals surface area contributed by atoms with Crippen LogP contribution in [0, 0.1) is 5.92 Å². The summed E-state index contributed by atoms with van der Waals surface area (Å²) >= 11 is 1.55. The van der Waals surface area contributed by atoms with Crippen molar-refractivity contribution >= 4 is 22.9 Å². The number of aromatic amines is 1. The number of ether oxygens (including phenoxy) is 1. The molecule has 1 atom stereocenters. The van der Waals surface area contributed by atoms with Crippen molar-refractivity contribution in [1.29, 1.82) is 0 Å². The van der Waals surface area contributed by atoms with Gasteiger partial charge in [0.05, 0.1) is 17.0 Å². The highest BCUT2D eigenvalue weighted by molar-refractivity contribution is 7.13. The fourth-order valence-corrected chi connectivity index (χ4v) is 3.01. The van der Waals surface area contributed by atoms with Crippen LogP contribution in [-0.4, -0.2) is 22.7 Å². The third-order valence-electron chi connectivity index (χ3n) is 3.96. The summed E-state index contributed by atoms with van der Waals surface area (Å²) in [5, 5.41) is 11.8. The number of rotatable bonds is 7. The number of nitrogens with one attached hydrogen (secondary N) is 2. The van der Waals surface area contributed by atoms with E-state index in [0.717, 1.165) is 17.0 Å². The summed E-state index contributed by atoms with van der Waals surface area (Å²) in [5.41, 5.74) is 1.88. The van der Waals surface area contributed by atoms with Gasteiger partial charge in [0.25, 0.3) is 5.91 Å². The first-order valence-electron chi connectivity index (χ1n) is 8.29. The Balaban J connectivity index is 1.71. The van der Waals surface area contributed by atoms with Crippen molar-refractivity contribution < 1.29 is 9.53 Å². The first-order chi connectivity index (χ1) is 12.2. The lowest BCUT2D eigenvalue weighted by molar-refractivity contribution is 0.102. The molecule has 2 heterocycles. The Labute approximate surface area is 151 Å². The molecule has 130 valence electrons. The molecule has 0 fully saturated rings.